The van der Waals surface area contributed by atoms with Crippen LogP contribution in [0.4, 0.5) is 0 Å². The molecule has 0 aromatic carbocycles. The number of rotatable bonds is 4. The third-order valence-electron chi connectivity index (χ3n) is 2.14. The van der Waals surface area contributed by atoms with Crippen LogP contribution in [-0.2, 0) is 28.1 Å². The summed E-state index contributed by atoms with van der Waals surface area (Å²) < 4.78 is 15.5. The molecule has 0 N–H and O–H groups in total. The molecule has 4 nitrogen and oxygen atoms in total. The van der Waals surface area contributed by atoms with E-state index in [4.69, 9.17) is 14.0 Å². The predicted molar refractivity (Wildman–Crippen MR) is 56.6 cm³/mol. The second-order valence-corrected chi connectivity index (χ2v) is 4.55. The summed E-state index contributed by atoms with van der Waals surface area (Å²) in [6.07, 6.45) is 0. The smallest absolute Gasteiger partial charge is 0.168 e. The molecule has 0 saturated heterocycles. The summed E-state index contributed by atoms with van der Waals surface area (Å²) in [5.74, 6) is 0.754. The molecule has 0 radical (unpaired) electrons. The zero-order chi connectivity index (χ0) is 11.5. The van der Waals surface area contributed by atoms with E-state index in [1.165, 1.54) is 0 Å². The molecule has 1 aromatic rings. The average Bonchev–Trinajstić information content (AvgIpc) is 2.49. The van der Waals surface area contributed by atoms with Gasteiger partial charge in [-0.2, -0.15) is 0 Å². The van der Waals surface area contributed by atoms with E-state index in [0.717, 1.165) is 17.0 Å². The van der Waals surface area contributed by atoms with Crippen LogP contribution in [0.2, 0.25) is 0 Å². The fraction of sp³-hybridized carbons (Fsp3) is 0.727. The van der Waals surface area contributed by atoms with Gasteiger partial charge in [-0.1, -0.05) is 25.9 Å². The van der Waals surface area contributed by atoms with Crippen molar-refractivity contribution in [2.45, 2.75) is 39.4 Å². The maximum Gasteiger partial charge on any atom is 0.168 e. The molecule has 1 heterocycles. The molecule has 0 atom stereocenters. The summed E-state index contributed by atoms with van der Waals surface area (Å²) in [5, 5.41) is 4.09. The van der Waals surface area contributed by atoms with Crippen molar-refractivity contribution in [3.8, 4) is 0 Å². The Morgan fingerprint density at radius 3 is 2.20 bits per heavy atom. The van der Waals surface area contributed by atoms with E-state index in [1.807, 2.05) is 0 Å². The van der Waals surface area contributed by atoms with Gasteiger partial charge in [-0.3, -0.25) is 0 Å². The average molecular weight is 213 g/mol. The van der Waals surface area contributed by atoms with E-state index in [-0.39, 0.29) is 5.41 Å². The zero-order valence-electron chi connectivity index (χ0n) is 10.1. The topological polar surface area (TPSA) is 44.5 Å². The third-order valence-corrected chi connectivity index (χ3v) is 2.14. The van der Waals surface area contributed by atoms with Gasteiger partial charge < -0.3 is 14.0 Å². The first-order chi connectivity index (χ1) is 7.00. The van der Waals surface area contributed by atoms with Gasteiger partial charge in [0, 0.05) is 25.2 Å². The van der Waals surface area contributed by atoms with E-state index in [1.54, 1.807) is 14.2 Å². The normalized spacial score (nSPS) is 12.1. The van der Waals surface area contributed by atoms with Crippen LogP contribution in [0.25, 0.3) is 0 Å². The summed E-state index contributed by atoms with van der Waals surface area (Å²) in [5.41, 5.74) is 1.91. The maximum atomic E-state index is 5.26. The molecule has 1 aromatic heterocycles. The van der Waals surface area contributed by atoms with Gasteiger partial charge in [-0.05, 0) is 0 Å². The summed E-state index contributed by atoms with van der Waals surface area (Å²) in [4.78, 5) is 0. The molecule has 0 bridgehead atoms. The minimum absolute atomic E-state index is 0.0383. The highest BCUT2D eigenvalue weighted by atomic mass is 16.5. The lowest BCUT2D eigenvalue weighted by atomic mass is 9.89. The van der Waals surface area contributed by atoms with Crippen molar-refractivity contribution in [1.29, 1.82) is 0 Å². The van der Waals surface area contributed by atoms with Crippen molar-refractivity contribution in [2.75, 3.05) is 14.2 Å². The standard InChI is InChI=1S/C11H19NO3/c1-11(2,3)10-8(6-13-4)9(7-14-5)15-12-10/h6-7H2,1-5H3. The molecule has 0 aliphatic carbocycles. The van der Waals surface area contributed by atoms with Crippen molar-refractivity contribution in [2.24, 2.45) is 0 Å². The number of ether oxygens (including phenoxy) is 2. The van der Waals surface area contributed by atoms with Crippen molar-refractivity contribution in [3.05, 3.63) is 17.0 Å². The first-order valence-corrected chi connectivity index (χ1v) is 4.96. The van der Waals surface area contributed by atoms with Crippen molar-refractivity contribution >= 4 is 0 Å². The molecular weight excluding hydrogens is 194 g/mol. The highest BCUT2D eigenvalue weighted by molar-refractivity contribution is 5.27. The molecule has 0 amide bonds. The Morgan fingerprint density at radius 1 is 1.13 bits per heavy atom. The van der Waals surface area contributed by atoms with Crippen LogP contribution < -0.4 is 0 Å². The number of hydrogen-bond donors (Lipinski definition) is 0. The lowest BCUT2D eigenvalue weighted by Crippen LogP contribution is -2.15. The van der Waals surface area contributed by atoms with Gasteiger partial charge in [0.1, 0.15) is 6.61 Å². The van der Waals surface area contributed by atoms with Crippen LogP contribution in [-0.4, -0.2) is 19.4 Å². The summed E-state index contributed by atoms with van der Waals surface area (Å²) in [7, 11) is 3.30. The minimum atomic E-state index is -0.0383. The monoisotopic (exact) mass is 213 g/mol. The van der Waals surface area contributed by atoms with Crippen LogP contribution >= 0.6 is 0 Å². The Bertz CT molecular complexity index is 312. The quantitative estimate of drug-likeness (QED) is 0.769. The molecule has 4 heteroatoms. The lowest BCUT2D eigenvalue weighted by Gasteiger charge is -2.16. The van der Waals surface area contributed by atoms with Crippen LogP contribution in [0, 0.1) is 0 Å². The molecule has 86 valence electrons. The molecule has 0 unspecified atom stereocenters. The number of methoxy groups -OCH3 is 2. The van der Waals surface area contributed by atoms with E-state index < -0.39 is 0 Å². The Kier molecular flexibility index (Phi) is 3.88. The first-order valence-electron chi connectivity index (χ1n) is 4.96. The summed E-state index contributed by atoms with van der Waals surface area (Å²) in [6.45, 7) is 7.23. The Morgan fingerprint density at radius 2 is 1.73 bits per heavy atom. The molecular formula is C11H19NO3. The Balaban J connectivity index is 3.06. The number of nitrogens with zero attached hydrogens (tertiary/aromatic N) is 1. The van der Waals surface area contributed by atoms with E-state index in [2.05, 4.69) is 25.9 Å². The van der Waals surface area contributed by atoms with E-state index >= 15 is 0 Å². The molecule has 0 aliphatic rings. The van der Waals surface area contributed by atoms with E-state index in [0.29, 0.717) is 13.2 Å². The van der Waals surface area contributed by atoms with Gasteiger partial charge in [-0.25, -0.2) is 0 Å². The van der Waals surface area contributed by atoms with Crippen molar-refractivity contribution in [3.63, 3.8) is 0 Å². The van der Waals surface area contributed by atoms with Gasteiger partial charge >= 0.3 is 0 Å². The molecule has 0 aliphatic heterocycles. The second-order valence-electron chi connectivity index (χ2n) is 4.55. The van der Waals surface area contributed by atoms with Crippen LogP contribution in [0.15, 0.2) is 4.52 Å². The third kappa shape index (κ3) is 2.79. The molecule has 0 saturated carbocycles. The van der Waals surface area contributed by atoms with Gasteiger partial charge in [-0.15, -0.1) is 0 Å². The van der Waals surface area contributed by atoms with E-state index in [9.17, 15) is 0 Å². The highest BCUT2D eigenvalue weighted by Gasteiger charge is 2.25. The fourth-order valence-corrected chi connectivity index (χ4v) is 1.47. The predicted octanol–water partition coefficient (Wildman–Crippen LogP) is 2.26. The van der Waals surface area contributed by atoms with Gasteiger partial charge in [0.05, 0.1) is 12.3 Å². The van der Waals surface area contributed by atoms with Crippen LogP contribution in [0.5, 0.6) is 0 Å². The Labute approximate surface area is 90.5 Å². The van der Waals surface area contributed by atoms with Gasteiger partial charge in [0.2, 0.25) is 0 Å². The molecule has 0 spiro atoms. The number of hydrogen-bond acceptors (Lipinski definition) is 4. The summed E-state index contributed by atoms with van der Waals surface area (Å²) >= 11 is 0. The molecule has 0 fully saturated rings. The van der Waals surface area contributed by atoms with Gasteiger partial charge in [0.25, 0.3) is 0 Å². The fourth-order valence-electron chi connectivity index (χ4n) is 1.47. The molecule has 15 heavy (non-hydrogen) atoms. The highest BCUT2D eigenvalue weighted by Crippen LogP contribution is 2.27. The Hall–Kier alpha value is -0.870. The summed E-state index contributed by atoms with van der Waals surface area (Å²) in [6, 6.07) is 0. The SMILES string of the molecule is COCc1onc(C(C)(C)C)c1COC. The second kappa shape index (κ2) is 4.77. The maximum absolute atomic E-state index is 5.26. The van der Waals surface area contributed by atoms with Crippen molar-refractivity contribution < 1.29 is 14.0 Å². The zero-order valence-corrected chi connectivity index (χ0v) is 10.1. The minimum Gasteiger partial charge on any atom is -0.380 e. The number of aromatic nitrogens is 1. The molecule has 1 rings (SSSR count). The first kappa shape index (κ1) is 12.2. The van der Waals surface area contributed by atoms with Crippen LogP contribution in [0.3, 0.4) is 0 Å². The van der Waals surface area contributed by atoms with Crippen molar-refractivity contribution in [1.82, 2.24) is 5.16 Å². The van der Waals surface area contributed by atoms with Crippen LogP contribution in [0.1, 0.15) is 37.8 Å². The lowest BCUT2D eigenvalue weighted by molar-refractivity contribution is 0.146. The largest absolute Gasteiger partial charge is 0.380 e. The van der Waals surface area contributed by atoms with Gasteiger partial charge in [0.15, 0.2) is 5.76 Å².